The summed E-state index contributed by atoms with van der Waals surface area (Å²) in [5.41, 5.74) is 1.07. The number of allylic oxidation sites excluding steroid dienone is 1. The van der Waals surface area contributed by atoms with Gasteiger partial charge in [0.2, 0.25) is 6.29 Å². The largest absolute Gasteiger partial charge is 0.461 e. The second-order valence-electron chi connectivity index (χ2n) is 2.93. The summed E-state index contributed by atoms with van der Waals surface area (Å²) in [5.74, 6) is 0.848. The van der Waals surface area contributed by atoms with E-state index in [1.54, 1.807) is 14.2 Å². The molecule has 0 amide bonds. The Kier molecular flexibility index (Phi) is 2.20. The van der Waals surface area contributed by atoms with Crippen molar-refractivity contribution in [3.8, 4) is 0 Å². The molecule has 0 radical (unpaired) electrons. The number of fused-ring (bicyclic) bond motifs is 1. The summed E-state index contributed by atoms with van der Waals surface area (Å²) >= 11 is 0. The predicted molar refractivity (Wildman–Crippen MR) is 48.0 cm³/mol. The summed E-state index contributed by atoms with van der Waals surface area (Å²) in [6, 6.07) is 0. The van der Waals surface area contributed by atoms with Gasteiger partial charge in [-0.15, -0.1) is 0 Å². The van der Waals surface area contributed by atoms with E-state index in [1.165, 1.54) is 0 Å². The van der Waals surface area contributed by atoms with E-state index in [9.17, 15) is 0 Å². The molecule has 2 aliphatic rings. The molecule has 0 saturated carbocycles. The summed E-state index contributed by atoms with van der Waals surface area (Å²) in [4.78, 5) is 0. The molecule has 0 bridgehead atoms. The van der Waals surface area contributed by atoms with Gasteiger partial charge in [0.05, 0.1) is 6.10 Å². The highest BCUT2D eigenvalue weighted by atomic mass is 16.7. The first-order valence-corrected chi connectivity index (χ1v) is 4.18. The third-order valence-electron chi connectivity index (χ3n) is 2.13. The van der Waals surface area contributed by atoms with Gasteiger partial charge in [0.1, 0.15) is 5.76 Å². The Morgan fingerprint density at radius 1 is 1.23 bits per heavy atom. The highest BCUT2D eigenvalue weighted by Gasteiger charge is 2.23. The van der Waals surface area contributed by atoms with Gasteiger partial charge in [-0.2, -0.15) is 0 Å². The minimum atomic E-state index is -0.249. The van der Waals surface area contributed by atoms with Crippen molar-refractivity contribution in [1.82, 2.24) is 0 Å². The Hall–Kier alpha value is -1.06. The van der Waals surface area contributed by atoms with Gasteiger partial charge in [-0.3, -0.25) is 0 Å². The zero-order valence-corrected chi connectivity index (χ0v) is 7.69. The summed E-state index contributed by atoms with van der Waals surface area (Å²) in [5, 5.41) is 0. The highest BCUT2D eigenvalue weighted by Crippen LogP contribution is 2.28. The van der Waals surface area contributed by atoms with Crippen LogP contribution in [0.4, 0.5) is 0 Å². The van der Waals surface area contributed by atoms with E-state index < -0.39 is 0 Å². The second-order valence-corrected chi connectivity index (χ2v) is 2.93. The van der Waals surface area contributed by atoms with E-state index in [4.69, 9.17) is 14.2 Å². The van der Waals surface area contributed by atoms with Crippen LogP contribution < -0.4 is 0 Å². The Balaban J connectivity index is 2.18. The molecule has 3 heteroatoms. The number of rotatable bonds is 2. The molecule has 1 aliphatic heterocycles. The maximum Gasteiger partial charge on any atom is 0.220 e. The SMILES string of the molecule is COC1C=CC2=CC(OC)OC2=C1. The second kappa shape index (κ2) is 3.36. The van der Waals surface area contributed by atoms with Gasteiger partial charge in [-0.05, 0) is 12.2 Å². The molecule has 0 aromatic carbocycles. The molecule has 13 heavy (non-hydrogen) atoms. The van der Waals surface area contributed by atoms with E-state index in [0.717, 1.165) is 11.3 Å². The standard InChI is InChI=1S/C10H12O3/c1-11-8-4-3-7-5-10(12-2)13-9(7)6-8/h3-6,8,10H,1-2H3. The molecule has 70 valence electrons. The van der Waals surface area contributed by atoms with Crippen LogP contribution in [0.2, 0.25) is 0 Å². The molecule has 0 aromatic heterocycles. The average molecular weight is 180 g/mol. The molecule has 0 spiro atoms. The number of hydrogen-bond acceptors (Lipinski definition) is 3. The summed E-state index contributed by atoms with van der Waals surface area (Å²) in [7, 11) is 3.29. The Morgan fingerprint density at radius 2 is 2.08 bits per heavy atom. The molecule has 2 rings (SSSR count). The lowest BCUT2D eigenvalue weighted by Gasteiger charge is -2.14. The van der Waals surface area contributed by atoms with Crippen LogP contribution in [0.1, 0.15) is 0 Å². The van der Waals surface area contributed by atoms with E-state index in [-0.39, 0.29) is 12.4 Å². The van der Waals surface area contributed by atoms with Crippen molar-refractivity contribution >= 4 is 0 Å². The van der Waals surface area contributed by atoms with Gasteiger partial charge in [0.15, 0.2) is 0 Å². The quantitative estimate of drug-likeness (QED) is 0.642. The number of ether oxygens (including phenoxy) is 3. The maximum atomic E-state index is 5.46. The summed E-state index contributed by atoms with van der Waals surface area (Å²) < 4.78 is 15.7. The van der Waals surface area contributed by atoms with Crippen molar-refractivity contribution < 1.29 is 14.2 Å². The van der Waals surface area contributed by atoms with Crippen LogP contribution in [0, 0.1) is 0 Å². The molecule has 0 aromatic rings. The highest BCUT2D eigenvalue weighted by molar-refractivity contribution is 5.44. The van der Waals surface area contributed by atoms with Crippen molar-refractivity contribution in [3.63, 3.8) is 0 Å². The van der Waals surface area contributed by atoms with Gasteiger partial charge in [0.25, 0.3) is 0 Å². The zero-order chi connectivity index (χ0) is 9.26. The number of hydrogen-bond donors (Lipinski definition) is 0. The fraction of sp³-hybridized carbons (Fsp3) is 0.400. The minimum Gasteiger partial charge on any atom is -0.461 e. The molecule has 2 unspecified atom stereocenters. The first kappa shape index (κ1) is 8.53. The lowest BCUT2D eigenvalue weighted by molar-refractivity contribution is -0.0459. The summed E-state index contributed by atoms with van der Waals surface area (Å²) in [6.45, 7) is 0. The van der Waals surface area contributed by atoms with Crippen molar-refractivity contribution in [2.45, 2.75) is 12.4 Å². The lowest BCUT2D eigenvalue weighted by Crippen LogP contribution is -2.10. The Bertz CT molecular complexity index is 289. The predicted octanol–water partition coefficient (Wildman–Crippen LogP) is 1.38. The smallest absolute Gasteiger partial charge is 0.220 e. The van der Waals surface area contributed by atoms with E-state index in [0.29, 0.717) is 0 Å². The van der Waals surface area contributed by atoms with Gasteiger partial charge >= 0.3 is 0 Å². The van der Waals surface area contributed by atoms with Crippen LogP contribution in [-0.2, 0) is 14.2 Å². The average Bonchev–Trinajstić information content (AvgIpc) is 2.58. The molecule has 3 nitrogen and oxygen atoms in total. The molecule has 0 N–H and O–H groups in total. The van der Waals surface area contributed by atoms with Crippen LogP contribution in [0.15, 0.2) is 35.6 Å². The molecule has 1 aliphatic carbocycles. The van der Waals surface area contributed by atoms with Crippen molar-refractivity contribution in [2.75, 3.05) is 14.2 Å². The van der Waals surface area contributed by atoms with Crippen LogP contribution in [0.5, 0.6) is 0 Å². The monoisotopic (exact) mass is 180 g/mol. The van der Waals surface area contributed by atoms with Crippen LogP contribution >= 0.6 is 0 Å². The Morgan fingerprint density at radius 3 is 2.77 bits per heavy atom. The van der Waals surface area contributed by atoms with Gasteiger partial charge in [-0.25, -0.2) is 0 Å². The fourth-order valence-corrected chi connectivity index (χ4v) is 1.40. The minimum absolute atomic E-state index is 0.0164. The lowest BCUT2D eigenvalue weighted by atomic mass is 10.1. The Labute approximate surface area is 77.3 Å². The maximum absolute atomic E-state index is 5.46. The molecule has 2 atom stereocenters. The van der Waals surface area contributed by atoms with Gasteiger partial charge < -0.3 is 14.2 Å². The van der Waals surface area contributed by atoms with Crippen molar-refractivity contribution in [1.29, 1.82) is 0 Å². The van der Waals surface area contributed by atoms with Crippen LogP contribution in [-0.4, -0.2) is 26.6 Å². The molecular weight excluding hydrogens is 168 g/mol. The topological polar surface area (TPSA) is 27.7 Å². The normalized spacial score (nSPS) is 30.6. The van der Waals surface area contributed by atoms with Crippen molar-refractivity contribution in [3.05, 3.63) is 35.6 Å². The van der Waals surface area contributed by atoms with E-state index >= 15 is 0 Å². The third-order valence-corrected chi connectivity index (χ3v) is 2.13. The summed E-state index contributed by atoms with van der Waals surface area (Å²) in [6.07, 6.45) is 7.61. The van der Waals surface area contributed by atoms with E-state index in [2.05, 4.69) is 0 Å². The molecule has 0 saturated heterocycles. The van der Waals surface area contributed by atoms with Crippen LogP contribution in [0.25, 0.3) is 0 Å². The first-order chi connectivity index (χ1) is 6.33. The van der Waals surface area contributed by atoms with E-state index in [1.807, 2.05) is 24.3 Å². The van der Waals surface area contributed by atoms with Gasteiger partial charge in [0, 0.05) is 19.8 Å². The van der Waals surface area contributed by atoms with Crippen molar-refractivity contribution in [2.24, 2.45) is 0 Å². The van der Waals surface area contributed by atoms with Gasteiger partial charge in [-0.1, -0.05) is 12.2 Å². The molecule has 1 heterocycles. The third kappa shape index (κ3) is 1.53. The fourth-order valence-electron chi connectivity index (χ4n) is 1.40. The molecule has 0 fully saturated rings. The zero-order valence-electron chi connectivity index (χ0n) is 7.69. The molecular formula is C10H12O3. The van der Waals surface area contributed by atoms with Crippen LogP contribution in [0.3, 0.4) is 0 Å². The number of methoxy groups -OCH3 is 2. The first-order valence-electron chi connectivity index (χ1n) is 4.18.